The summed E-state index contributed by atoms with van der Waals surface area (Å²) in [6, 6.07) is 0.0584. The van der Waals surface area contributed by atoms with Crippen LogP contribution < -0.4 is 5.32 Å². The normalized spacial score (nSPS) is 15.9. The van der Waals surface area contributed by atoms with Crippen LogP contribution in [0.15, 0.2) is 0 Å². The van der Waals surface area contributed by atoms with Crippen molar-refractivity contribution in [2.24, 2.45) is 0 Å². The maximum absolute atomic E-state index is 12.0. The third-order valence-electron chi connectivity index (χ3n) is 3.31. The number of aryl methyl sites for hydroxylation is 2. The van der Waals surface area contributed by atoms with Crippen molar-refractivity contribution >= 4 is 5.97 Å². The molecule has 0 aliphatic heterocycles. The first kappa shape index (κ1) is 15.6. The van der Waals surface area contributed by atoms with Gasteiger partial charge in [0.05, 0.1) is 12.6 Å². The van der Waals surface area contributed by atoms with Crippen LogP contribution >= 0.6 is 0 Å². The fourth-order valence-electron chi connectivity index (χ4n) is 2.21. The highest BCUT2D eigenvalue weighted by Gasteiger charge is 2.35. The Bertz CT molecular complexity index is 444. The Kier molecular flexibility index (Phi) is 5.05. The van der Waals surface area contributed by atoms with Gasteiger partial charge < -0.3 is 10.1 Å². The molecule has 0 aliphatic carbocycles. The number of ether oxygens (including phenoxy) is 1. The minimum atomic E-state index is -0.721. The number of rotatable bonds is 6. The first-order chi connectivity index (χ1) is 8.84. The highest BCUT2D eigenvalue weighted by atomic mass is 16.5. The number of nitrogens with zero attached hydrogens (tertiary/aromatic N) is 3. The molecule has 2 atom stereocenters. The average Bonchev–Trinajstić information content (AvgIpc) is 2.68. The fraction of sp³-hybridized carbons (Fsp3) is 0.769. The van der Waals surface area contributed by atoms with Crippen LogP contribution in [0.3, 0.4) is 0 Å². The van der Waals surface area contributed by atoms with E-state index >= 15 is 0 Å². The van der Waals surface area contributed by atoms with Crippen LogP contribution in [-0.4, -0.2) is 39.9 Å². The van der Waals surface area contributed by atoms with Crippen LogP contribution in [0.1, 0.15) is 44.9 Å². The molecule has 2 unspecified atom stereocenters. The van der Waals surface area contributed by atoms with E-state index in [2.05, 4.69) is 15.4 Å². The molecule has 0 aromatic carbocycles. The molecule has 0 spiro atoms. The zero-order valence-corrected chi connectivity index (χ0v) is 12.6. The molecular formula is C13H24N4O2. The van der Waals surface area contributed by atoms with E-state index in [0.717, 1.165) is 11.6 Å². The Morgan fingerprint density at radius 2 is 2.16 bits per heavy atom. The van der Waals surface area contributed by atoms with Crippen LogP contribution in [0.25, 0.3) is 0 Å². The second-order valence-electron chi connectivity index (χ2n) is 5.01. The van der Waals surface area contributed by atoms with Gasteiger partial charge in [-0.3, -0.25) is 4.79 Å². The molecule has 1 aromatic rings. The molecular weight excluding hydrogens is 244 g/mol. The first-order valence-electron chi connectivity index (χ1n) is 6.60. The lowest BCUT2D eigenvalue weighted by Gasteiger charge is -2.29. The van der Waals surface area contributed by atoms with Crippen molar-refractivity contribution in [1.82, 2.24) is 20.1 Å². The van der Waals surface area contributed by atoms with E-state index in [1.165, 1.54) is 0 Å². The summed E-state index contributed by atoms with van der Waals surface area (Å²) in [5.74, 6) is 1.36. The van der Waals surface area contributed by atoms with Gasteiger partial charge in [-0.05, 0) is 48.1 Å². The van der Waals surface area contributed by atoms with Crippen LogP contribution in [0.2, 0.25) is 0 Å². The van der Waals surface area contributed by atoms with E-state index in [-0.39, 0.29) is 12.0 Å². The lowest BCUT2D eigenvalue weighted by Crippen LogP contribution is -2.50. The van der Waals surface area contributed by atoms with Gasteiger partial charge in [0.15, 0.2) is 0 Å². The Labute approximate surface area is 114 Å². The molecule has 0 saturated carbocycles. The van der Waals surface area contributed by atoms with Gasteiger partial charge in [-0.25, -0.2) is 9.67 Å². The molecule has 0 bridgehead atoms. The highest BCUT2D eigenvalue weighted by molar-refractivity contribution is 5.80. The summed E-state index contributed by atoms with van der Waals surface area (Å²) in [5.41, 5.74) is -0.721. The average molecular weight is 268 g/mol. The third-order valence-corrected chi connectivity index (χ3v) is 3.31. The van der Waals surface area contributed by atoms with Crippen molar-refractivity contribution in [2.75, 3.05) is 13.7 Å². The Morgan fingerprint density at radius 3 is 2.58 bits per heavy atom. The highest BCUT2D eigenvalue weighted by Crippen LogP contribution is 2.22. The minimum Gasteiger partial charge on any atom is -0.465 e. The summed E-state index contributed by atoms with van der Waals surface area (Å²) < 4.78 is 6.97. The molecule has 108 valence electrons. The van der Waals surface area contributed by atoms with Gasteiger partial charge in [0, 0.05) is 0 Å². The molecule has 0 radical (unpaired) electrons. The van der Waals surface area contributed by atoms with Crippen LogP contribution in [-0.2, 0) is 9.53 Å². The third kappa shape index (κ3) is 3.53. The standard InChI is InChI=1S/C13H24N4O2/c1-7-19-12(18)13(5,14-6)8-9(2)17-11(4)15-10(3)16-17/h9,14H,7-8H2,1-6H3. The van der Waals surface area contributed by atoms with E-state index in [4.69, 9.17) is 4.74 Å². The lowest BCUT2D eigenvalue weighted by atomic mass is 9.94. The molecule has 6 nitrogen and oxygen atoms in total. The molecule has 0 fully saturated rings. The summed E-state index contributed by atoms with van der Waals surface area (Å²) in [6.07, 6.45) is 0.589. The smallest absolute Gasteiger partial charge is 0.326 e. The Hall–Kier alpha value is -1.43. The number of likely N-dealkylation sites (N-methyl/N-ethyl adjacent to an activating group) is 1. The molecule has 0 saturated heterocycles. The predicted octanol–water partition coefficient (Wildman–Crippen LogP) is 1.39. The SMILES string of the molecule is CCOC(=O)C(C)(CC(C)n1nc(C)nc1C)NC. The molecule has 0 amide bonds. The molecule has 1 N–H and O–H groups in total. The van der Waals surface area contributed by atoms with Crippen molar-refractivity contribution in [3.63, 3.8) is 0 Å². The second-order valence-corrected chi connectivity index (χ2v) is 5.01. The maximum Gasteiger partial charge on any atom is 0.326 e. The van der Waals surface area contributed by atoms with Crippen molar-refractivity contribution in [1.29, 1.82) is 0 Å². The number of carbonyl (C=O) groups is 1. The van der Waals surface area contributed by atoms with Gasteiger partial charge in [-0.15, -0.1) is 0 Å². The number of hydrogen-bond donors (Lipinski definition) is 1. The first-order valence-corrected chi connectivity index (χ1v) is 6.60. The van der Waals surface area contributed by atoms with E-state index < -0.39 is 5.54 Å². The van der Waals surface area contributed by atoms with Gasteiger partial charge >= 0.3 is 5.97 Å². The number of hydrogen-bond acceptors (Lipinski definition) is 5. The maximum atomic E-state index is 12.0. The number of carbonyl (C=O) groups excluding carboxylic acids is 1. The van der Waals surface area contributed by atoms with Crippen LogP contribution in [0.4, 0.5) is 0 Å². The largest absolute Gasteiger partial charge is 0.465 e. The van der Waals surface area contributed by atoms with Crippen molar-refractivity contribution in [3.8, 4) is 0 Å². The zero-order chi connectivity index (χ0) is 14.6. The molecule has 1 heterocycles. The minimum absolute atomic E-state index is 0.0584. The van der Waals surface area contributed by atoms with Gasteiger partial charge in [-0.2, -0.15) is 5.10 Å². The molecule has 6 heteroatoms. The quantitative estimate of drug-likeness (QED) is 0.790. The molecule has 19 heavy (non-hydrogen) atoms. The molecule has 0 aliphatic rings. The number of nitrogens with one attached hydrogen (secondary N) is 1. The van der Waals surface area contributed by atoms with E-state index in [9.17, 15) is 4.79 Å². The van der Waals surface area contributed by atoms with Crippen molar-refractivity contribution < 1.29 is 9.53 Å². The molecule has 1 rings (SSSR count). The fourth-order valence-corrected chi connectivity index (χ4v) is 2.21. The van der Waals surface area contributed by atoms with Gasteiger partial charge in [0.25, 0.3) is 0 Å². The van der Waals surface area contributed by atoms with E-state index in [1.807, 2.05) is 39.3 Å². The van der Waals surface area contributed by atoms with Crippen LogP contribution in [0, 0.1) is 13.8 Å². The van der Waals surface area contributed by atoms with Crippen molar-refractivity contribution in [2.45, 2.75) is 52.6 Å². The summed E-state index contributed by atoms with van der Waals surface area (Å²) in [6.45, 7) is 9.83. The zero-order valence-electron chi connectivity index (χ0n) is 12.6. The lowest BCUT2D eigenvalue weighted by molar-refractivity contribution is -0.151. The summed E-state index contributed by atoms with van der Waals surface area (Å²) >= 11 is 0. The van der Waals surface area contributed by atoms with Gasteiger partial charge in [0.1, 0.15) is 17.2 Å². The van der Waals surface area contributed by atoms with Gasteiger partial charge in [0.2, 0.25) is 0 Å². The summed E-state index contributed by atoms with van der Waals surface area (Å²) in [5, 5.41) is 7.41. The second kappa shape index (κ2) is 6.14. The number of aromatic nitrogens is 3. The summed E-state index contributed by atoms with van der Waals surface area (Å²) in [4.78, 5) is 16.3. The topological polar surface area (TPSA) is 69.0 Å². The van der Waals surface area contributed by atoms with E-state index in [1.54, 1.807) is 7.05 Å². The van der Waals surface area contributed by atoms with E-state index in [0.29, 0.717) is 13.0 Å². The Balaban J connectivity index is 2.86. The monoisotopic (exact) mass is 268 g/mol. The molecule has 1 aromatic heterocycles. The summed E-state index contributed by atoms with van der Waals surface area (Å²) in [7, 11) is 1.77. The van der Waals surface area contributed by atoms with Gasteiger partial charge in [-0.1, -0.05) is 0 Å². The Morgan fingerprint density at radius 1 is 1.53 bits per heavy atom. The van der Waals surface area contributed by atoms with Crippen LogP contribution in [0.5, 0.6) is 0 Å². The number of esters is 1. The van der Waals surface area contributed by atoms with Crippen molar-refractivity contribution in [3.05, 3.63) is 11.6 Å². The predicted molar refractivity (Wildman–Crippen MR) is 72.9 cm³/mol.